The molecule has 3 heterocycles. The summed E-state index contributed by atoms with van der Waals surface area (Å²) in [5, 5.41) is 11.5. The molecule has 25 heavy (non-hydrogen) atoms. The second-order valence-corrected chi connectivity index (χ2v) is 7.47. The molecule has 0 bridgehead atoms. The fourth-order valence-corrected chi connectivity index (χ4v) is 3.71. The largest absolute Gasteiger partial charge is 0.355 e. The van der Waals surface area contributed by atoms with Crippen LogP contribution in [0.1, 0.15) is 12.8 Å². The molecule has 0 unspecified atom stereocenters. The van der Waals surface area contributed by atoms with Gasteiger partial charge in [-0.05, 0) is 47.1 Å². The molecule has 2 fully saturated rings. The van der Waals surface area contributed by atoms with Crippen molar-refractivity contribution >= 4 is 17.3 Å². The average Bonchev–Trinajstić information content (AvgIpc) is 3.24. The van der Waals surface area contributed by atoms with Crippen LogP contribution in [0, 0.1) is 10.1 Å². The van der Waals surface area contributed by atoms with Crippen molar-refractivity contribution in [1.82, 2.24) is 14.8 Å². The Balaban J connectivity index is 1.85. The lowest BCUT2D eigenvalue weighted by atomic mass is 10.2. The number of pyridine rings is 1. The van der Waals surface area contributed by atoms with Gasteiger partial charge in [0.2, 0.25) is 5.82 Å². The SMILES string of the molecule is CN(C)[C@@H]1CCN(c2ccc([N+](=O)[O-])c(N3CC[C@@H](N(C)C)C3)n2)C1. The zero-order chi connectivity index (χ0) is 18.1. The number of anilines is 2. The van der Waals surface area contributed by atoms with E-state index in [2.05, 4.69) is 47.8 Å². The van der Waals surface area contributed by atoms with Crippen LogP contribution in [0.15, 0.2) is 12.1 Å². The summed E-state index contributed by atoms with van der Waals surface area (Å²) >= 11 is 0. The van der Waals surface area contributed by atoms with E-state index in [0.29, 0.717) is 17.9 Å². The Hall–Kier alpha value is -1.93. The van der Waals surface area contributed by atoms with E-state index in [1.807, 2.05) is 0 Å². The highest BCUT2D eigenvalue weighted by molar-refractivity contribution is 5.63. The number of nitrogens with zero attached hydrogens (tertiary/aromatic N) is 6. The van der Waals surface area contributed by atoms with Gasteiger partial charge in [-0.2, -0.15) is 0 Å². The lowest BCUT2D eigenvalue weighted by molar-refractivity contribution is -0.384. The lowest BCUT2D eigenvalue weighted by Gasteiger charge is -2.24. The van der Waals surface area contributed by atoms with Gasteiger partial charge in [0.05, 0.1) is 4.92 Å². The van der Waals surface area contributed by atoms with Gasteiger partial charge >= 0.3 is 5.69 Å². The Morgan fingerprint density at radius 1 is 1.04 bits per heavy atom. The number of hydrogen-bond acceptors (Lipinski definition) is 7. The van der Waals surface area contributed by atoms with Crippen LogP contribution in [0.4, 0.5) is 17.3 Å². The molecule has 1 aromatic rings. The first-order valence-corrected chi connectivity index (χ1v) is 8.85. The van der Waals surface area contributed by atoms with E-state index >= 15 is 0 Å². The van der Waals surface area contributed by atoms with Crippen molar-refractivity contribution in [3.63, 3.8) is 0 Å². The normalized spacial score (nSPS) is 23.9. The quantitative estimate of drug-likeness (QED) is 0.586. The van der Waals surface area contributed by atoms with Crippen molar-refractivity contribution in [2.75, 3.05) is 64.2 Å². The van der Waals surface area contributed by atoms with Gasteiger partial charge in [0.25, 0.3) is 0 Å². The molecule has 0 N–H and O–H groups in total. The van der Waals surface area contributed by atoms with Gasteiger partial charge in [0.15, 0.2) is 0 Å². The Kier molecular flexibility index (Phi) is 5.10. The Bertz CT molecular complexity index is 636. The molecule has 2 atom stereocenters. The average molecular weight is 348 g/mol. The van der Waals surface area contributed by atoms with Crippen LogP contribution in [0.25, 0.3) is 0 Å². The third-order valence-corrected chi connectivity index (χ3v) is 5.45. The highest BCUT2D eigenvalue weighted by Crippen LogP contribution is 2.33. The zero-order valence-electron chi connectivity index (χ0n) is 15.6. The summed E-state index contributed by atoms with van der Waals surface area (Å²) < 4.78 is 0. The van der Waals surface area contributed by atoms with Crippen molar-refractivity contribution in [2.45, 2.75) is 24.9 Å². The van der Waals surface area contributed by atoms with Crippen molar-refractivity contribution in [1.29, 1.82) is 0 Å². The molecule has 3 rings (SSSR count). The maximum Gasteiger partial charge on any atom is 0.311 e. The third kappa shape index (κ3) is 3.69. The Morgan fingerprint density at radius 3 is 2.12 bits per heavy atom. The van der Waals surface area contributed by atoms with Crippen molar-refractivity contribution in [2.24, 2.45) is 0 Å². The molecule has 8 nitrogen and oxygen atoms in total. The minimum Gasteiger partial charge on any atom is -0.355 e. The van der Waals surface area contributed by atoms with E-state index in [9.17, 15) is 10.1 Å². The summed E-state index contributed by atoms with van der Waals surface area (Å²) in [5.74, 6) is 1.36. The van der Waals surface area contributed by atoms with Crippen LogP contribution >= 0.6 is 0 Å². The van der Waals surface area contributed by atoms with Crippen LogP contribution in [-0.4, -0.2) is 86.2 Å². The van der Waals surface area contributed by atoms with E-state index in [0.717, 1.165) is 44.8 Å². The van der Waals surface area contributed by atoms with Crippen LogP contribution in [0.2, 0.25) is 0 Å². The summed E-state index contributed by atoms with van der Waals surface area (Å²) in [6, 6.07) is 4.32. The van der Waals surface area contributed by atoms with Crippen molar-refractivity contribution in [3.05, 3.63) is 22.2 Å². The highest BCUT2D eigenvalue weighted by atomic mass is 16.6. The van der Waals surface area contributed by atoms with Crippen molar-refractivity contribution < 1.29 is 4.92 Å². The highest BCUT2D eigenvalue weighted by Gasteiger charge is 2.32. The molecule has 1 aromatic heterocycles. The van der Waals surface area contributed by atoms with Crippen LogP contribution in [-0.2, 0) is 0 Å². The number of likely N-dealkylation sites (N-methyl/N-ethyl adjacent to an activating group) is 2. The topological polar surface area (TPSA) is 69.0 Å². The minimum atomic E-state index is -0.318. The fourth-order valence-electron chi connectivity index (χ4n) is 3.71. The van der Waals surface area contributed by atoms with Crippen LogP contribution in [0.3, 0.4) is 0 Å². The standard InChI is InChI=1S/C17H28N6O2/c1-19(2)13-7-9-21(11-13)16-6-5-15(23(24)25)17(18-16)22-10-8-14(12-22)20(3)4/h5-6,13-14H,7-12H2,1-4H3/t13-,14-/m1/s1. The summed E-state index contributed by atoms with van der Waals surface area (Å²) in [7, 11) is 8.29. The zero-order valence-corrected chi connectivity index (χ0v) is 15.6. The van der Waals surface area contributed by atoms with Gasteiger partial charge < -0.3 is 19.6 Å². The predicted molar refractivity (Wildman–Crippen MR) is 99.5 cm³/mol. The van der Waals surface area contributed by atoms with Crippen molar-refractivity contribution in [3.8, 4) is 0 Å². The van der Waals surface area contributed by atoms with E-state index in [4.69, 9.17) is 4.98 Å². The molecule has 0 radical (unpaired) electrons. The molecule has 8 heteroatoms. The van der Waals surface area contributed by atoms with E-state index in [1.165, 1.54) is 0 Å². The molecular weight excluding hydrogens is 320 g/mol. The Labute approximate surface area is 149 Å². The lowest BCUT2D eigenvalue weighted by Crippen LogP contribution is -2.33. The molecule has 138 valence electrons. The molecule has 2 saturated heterocycles. The number of nitro groups is 1. The van der Waals surface area contributed by atoms with Gasteiger partial charge in [-0.1, -0.05) is 0 Å². The molecule has 0 aliphatic carbocycles. The maximum atomic E-state index is 11.5. The second-order valence-electron chi connectivity index (χ2n) is 7.47. The predicted octanol–water partition coefficient (Wildman–Crippen LogP) is 1.27. The fraction of sp³-hybridized carbons (Fsp3) is 0.706. The number of rotatable bonds is 5. The molecule has 2 aliphatic heterocycles. The smallest absolute Gasteiger partial charge is 0.311 e. The third-order valence-electron chi connectivity index (χ3n) is 5.45. The van der Waals surface area contributed by atoms with Crippen LogP contribution in [0.5, 0.6) is 0 Å². The summed E-state index contributed by atoms with van der Waals surface area (Å²) in [6.45, 7) is 3.44. The molecule has 0 saturated carbocycles. The van der Waals surface area contributed by atoms with E-state index in [-0.39, 0.29) is 10.6 Å². The molecule has 0 spiro atoms. The van der Waals surface area contributed by atoms with Gasteiger partial charge in [-0.3, -0.25) is 10.1 Å². The number of aromatic nitrogens is 1. The van der Waals surface area contributed by atoms with Gasteiger partial charge in [0.1, 0.15) is 5.82 Å². The monoisotopic (exact) mass is 348 g/mol. The number of hydrogen-bond donors (Lipinski definition) is 0. The van der Waals surface area contributed by atoms with Gasteiger partial charge in [-0.15, -0.1) is 0 Å². The summed E-state index contributed by atoms with van der Waals surface area (Å²) in [6.07, 6.45) is 2.09. The summed E-state index contributed by atoms with van der Waals surface area (Å²) in [4.78, 5) is 24.6. The van der Waals surface area contributed by atoms with Crippen LogP contribution < -0.4 is 9.80 Å². The molecule has 0 aromatic carbocycles. The minimum absolute atomic E-state index is 0.103. The summed E-state index contributed by atoms with van der Waals surface area (Å²) in [5.41, 5.74) is 0.103. The molecule has 0 amide bonds. The van der Waals surface area contributed by atoms with E-state index < -0.39 is 0 Å². The van der Waals surface area contributed by atoms with Gasteiger partial charge in [0, 0.05) is 44.3 Å². The first-order chi connectivity index (χ1) is 11.9. The Morgan fingerprint density at radius 2 is 1.60 bits per heavy atom. The maximum absolute atomic E-state index is 11.5. The molecule has 2 aliphatic rings. The van der Waals surface area contributed by atoms with Gasteiger partial charge in [-0.25, -0.2) is 4.98 Å². The molecular formula is C17H28N6O2. The first-order valence-electron chi connectivity index (χ1n) is 8.85. The second kappa shape index (κ2) is 7.13. The van der Waals surface area contributed by atoms with E-state index in [1.54, 1.807) is 12.1 Å². The first kappa shape index (κ1) is 17.9.